The first-order valence-corrected chi connectivity index (χ1v) is 9.39. The molecule has 0 unspecified atom stereocenters. The van der Waals surface area contributed by atoms with E-state index in [4.69, 9.17) is 16.0 Å². The van der Waals surface area contributed by atoms with Crippen LogP contribution in [0.4, 0.5) is 0 Å². The highest BCUT2D eigenvalue weighted by Crippen LogP contribution is 2.28. The summed E-state index contributed by atoms with van der Waals surface area (Å²) in [5.74, 6) is 0.620. The second kappa shape index (κ2) is 6.81. The Labute approximate surface area is 153 Å². The van der Waals surface area contributed by atoms with E-state index in [9.17, 15) is 0 Å². The molecular weight excluding hydrogens is 332 g/mol. The van der Waals surface area contributed by atoms with E-state index in [1.807, 2.05) is 30.3 Å². The number of halogens is 1. The van der Waals surface area contributed by atoms with Gasteiger partial charge in [0, 0.05) is 29.2 Å². The van der Waals surface area contributed by atoms with Crippen molar-refractivity contribution >= 4 is 22.7 Å². The Bertz CT molecular complexity index is 878. The lowest BCUT2D eigenvalue weighted by Crippen LogP contribution is -2.42. The normalized spacial score (nSPS) is 21.7. The number of rotatable bonds is 3. The van der Waals surface area contributed by atoms with Crippen molar-refractivity contribution in [1.82, 2.24) is 9.88 Å². The molecule has 0 saturated carbocycles. The highest BCUT2D eigenvalue weighted by atomic mass is 35.5. The van der Waals surface area contributed by atoms with Gasteiger partial charge in [-0.1, -0.05) is 30.2 Å². The van der Waals surface area contributed by atoms with Crippen molar-refractivity contribution in [3.05, 3.63) is 53.1 Å². The summed E-state index contributed by atoms with van der Waals surface area (Å²) in [4.78, 5) is 7.27. The Balaban J connectivity index is 1.62. The Kier molecular flexibility index (Phi) is 4.53. The average molecular weight is 355 g/mol. The largest absolute Gasteiger partial charge is 0.436 e. The number of piperidine rings is 1. The molecule has 25 heavy (non-hydrogen) atoms. The van der Waals surface area contributed by atoms with Crippen LogP contribution in [0.2, 0.25) is 5.02 Å². The molecule has 1 aliphatic rings. The van der Waals surface area contributed by atoms with Gasteiger partial charge < -0.3 is 4.42 Å². The number of hydrogen-bond donors (Lipinski definition) is 0. The molecule has 0 N–H and O–H groups in total. The highest BCUT2D eigenvalue weighted by molar-refractivity contribution is 6.30. The van der Waals surface area contributed by atoms with Crippen molar-refractivity contribution in [1.29, 1.82) is 0 Å². The van der Waals surface area contributed by atoms with E-state index < -0.39 is 0 Å². The second-order valence-electron chi connectivity index (χ2n) is 7.13. The fraction of sp³-hybridized carbons (Fsp3) is 0.381. The average Bonchev–Trinajstić information content (AvgIpc) is 3.02. The molecule has 4 heteroatoms. The standard InChI is InChI=1S/C21H23ClN2O/c1-14-5-3-6-15(2)24(14)13-16-9-10-20-19(11-16)23-21(25-20)17-7-4-8-18(22)12-17/h4,7-12,14-15H,3,5-6,13H2,1-2H3/t14-,15-/m0/s1. The molecule has 2 aromatic carbocycles. The molecule has 1 aromatic heterocycles. The van der Waals surface area contributed by atoms with Crippen LogP contribution < -0.4 is 0 Å². The molecule has 2 atom stereocenters. The zero-order chi connectivity index (χ0) is 17.4. The maximum atomic E-state index is 6.08. The Hall–Kier alpha value is -1.84. The summed E-state index contributed by atoms with van der Waals surface area (Å²) in [5, 5.41) is 0.688. The van der Waals surface area contributed by atoms with Crippen LogP contribution in [0.1, 0.15) is 38.7 Å². The van der Waals surface area contributed by atoms with Crippen LogP contribution in [0.15, 0.2) is 46.9 Å². The Morgan fingerprint density at radius 1 is 1.12 bits per heavy atom. The molecule has 2 heterocycles. The van der Waals surface area contributed by atoms with Crippen LogP contribution in [-0.2, 0) is 6.54 Å². The molecular formula is C21H23ClN2O. The van der Waals surface area contributed by atoms with Gasteiger partial charge in [-0.2, -0.15) is 0 Å². The smallest absolute Gasteiger partial charge is 0.227 e. The predicted octanol–water partition coefficient (Wildman–Crippen LogP) is 5.91. The topological polar surface area (TPSA) is 29.3 Å². The van der Waals surface area contributed by atoms with Crippen LogP contribution in [0, 0.1) is 0 Å². The predicted molar refractivity (Wildman–Crippen MR) is 103 cm³/mol. The van der Waals surface area contributed by atoms with Crippen molar-refractivity contribution < 1.29 is 4.42 Å². The molecule has 3 aromatic rings. The summed E-state index contributed by atoms with van der Waals surface area (Å²) in [7, 11) is 0. The number of oxazole rings is 1. The molecule has 4 rings (SSSR count). The van der Waals surface area contributed by atoms with Crippen LogP contribution >= 0.6 is 11.6 Å². The lowest BCUT2D eigenvalue weighted by molar-refractivity contribution is 0.0953. The second-order valence-corrected chi connectivity index (χ2v) is 7.57. The lowest BCUT2D eigenvalue weighted by Gasteiger charge is -2.39. The van der Waals surface area contributed by atoms with Crippen molar-refractivity contribution in [3.8, 4) is 11.5 Å². The monoisotopic (exact) mass is 354 g/mol. The first-order valence-electron chi connectivity index (χ1n) is 9.01. The van der Waals surface area contributed by atoms with E-state index in [2.05, 4.69) is 35.9 Å². The van der Waals surface area contributed by atoms with E-state index in [1.54, 1.807) is 0 Å². The van der Waals surface area contributed by atoms with Crippen LogP contribution in [-0.4, -0.2) is 22.0 Å². The number of hydrogen-bond acceptors (Lipinski definition) is 3. The summed E-state index contributed by atoms with van der Waals surface area (Å²) in [6, 6.07) is 15.2. The quantitative estimate of drug-likeness (QED) is 0.585. The number of benzene rings is 2. The zero-order valence-electron chi connectivity index (χ0n) is 14.7. The van der Waals surface area contributed by atoms with Crippen molar-refractivity contribution in [3.63, 3.8) is 0 Å². The fourth-order valence-electron chi connectivity index (χ4n) is 3.81. The molecule has 1 fully saturated rings. The summed E-state index contributed by atoms with van der Waals surface area (Å²) in [5.41, 5.74) is 3.92. The van der Waals surface area contributed by atoms with Crippen LogP contribution in [0.25, 0.3) is 22.6 Å². The molecule has 0 spiro atoms. The van der Waals surface area contributed by atoms with Gasteiger partial charge in [-0.3, -0.25) is 4.90 Å². The first kappa shape index (κ1) is 16.6. The van der Waals surface area contributed by atoms with Gasteiger partial charge in [0.2, 0.25) is 5.89 Å². The van der Waals surface area contributed by atoms with E-state index in [1.165, 1.54) is 24.8 Å². The maximum absolute atomic E-state index is 6.08. The third kappa shape index (κ3) is 3.44. The van der Waals surface area contributed by atoms with Gasteiger partial charge in [0.15, 0.2) is 5.58 Å². The van der Waals surface area contributed by atoms with E-state index in [-0.39, 0.29) is 0 Å². The molecule has 0 aliphatic carbocycles. The lowest BCUT2D eigenvalue weighted by atomic mass is 9.97. The molecule has 3 nitrogen and oxygen atoms in total. The number of aromatic nitrogens is 1. The van der Waals surface area contributed by atoms with Gasteiger partial charge in [0.25, 0.3) is 0 Å². The fourth-order valence-corrected chi connectivity index (χ4v) is 4.00. The van der Waals surface area contributed by atoms with E-state index in [0.717, 1.165) is 23.2 Å². The Morgan fingerprint density at radius 3 is 2.68 bits per heavy atom. The van der Waals surface area contributed by atoms with Gasteiger partial charge in [-0.25, -0.2) is 4.98 Å². The van der Waals surface area contributed by atoms with Crippen LogP contribution in [0.5, 0.6) is 0 Å². The van der Waals surface area contributed by atoms with Gasteiger partial charge in [-0.05, 0) is 62.6 Å². The summed E-state index contributed by atoms with van der Waals surface area (Å²) < 4.78 is 5.91. The third-order valence-electron chi connectivity index (χ3n) is 5.26. The van der Waals surface area contributed by atoms with Gasteiger partial charge in [0.05, 0.1) is 0 Å². The molecule has 1 aliphatic heterocycles. The van der Waals surface area contributed by atoms with Crippen molar-refractivity contribution in [2.75, 3.05) is 0 Å². The number of fused-ring (bicyclic) bond motifs is 1. The highest BCUT2D eigenvalue weighted by Gasteiger charge is 2.24. The first-order chi connectivity index (χ1) is 12.1. The minimum absolute atomic E-state index is 0.620. The van der Waals surface area contributed by atoms with Crippen LogP contribution in [0.3, 0.4) is 0 Å². The van der Waals surface area contributed by atoms with Crippen molar-refractivity contribution in [2.45, 2.75) is 51.7 Å². The molecule has 0 radical (unpaired) electrons. The minimum Gasteiger partial charge on any atom is -0.436 e. The zero-order valence-corrected chi connectivity index (χ0v) is 15.5. The SMILES string of the molecule is C[C@H]1CCC[C@H](C)N1Cc1ccc2oc(-c3cccc(Cl)c3)nc2c1. The number of nitrogens with zero attached hydrogens (tertiary/aromatic N) is 2. The molecule has 1 saturated heterocycles. The summed E-state index contributed by atoms with van der Waals surface area (Å²) in [6.45, 7) is 5.64. The molecule has 0 bridgehead atoms. The summed E-state index contributed by atoms with van der Waals surface area (Å²) >= 11 is 6.08. The maximum Gasteiger partial charge on any atom is 0.227 e. The molecule has 130 valence electrons. The minimum atomic E-state index is 0.620. The van der Waals surface area contributed by atoms with Gasteiger partial charge in [-0.15, -0.1) is 0 Å². The third-order valence-corrected chi connectivity index (χ3v) is 5.50. The summed E-state index contributed by atoms with van der Waals surface area (Å²) in [6.07, 6.45) is 3.91. The Morgan fingerprint density at radius 2 is 1.92 bits per heavy atom. The van der Waals surface area contributed by atoms with Gasteiger partial charge >= 0.3 is 0 Å². The van der Waals surface area contributed by atoms with E-state index >= 15 is 0 Å². The van der Waals surface area contributed by atoms with Gasteiger partial charge in [0.1, 0.15) is 5.52 Å². The van der Waals surface area contributed by atoms with Crippen molar-refractivity contribution in [2.24, 2.45) is 0 Å². The number of likely N-dealkylation sites (tertiary alicyclic amines) is 1. The van der Waals surface area contributed by atoms with E-state index in [0.29, 0.717) is 23.0 Å². The molecule has 0 amide bonds.